The van der Waals surface area contributed by atoms with Crippen molar-refractivity contribution in [2.75, 3.05) is 12.8 Å². The molecule has 1 unspecified atom stereocenters. The van der Waals surface area contributed by atoms with E-state index in [-0.39, 0.29) is 6.23 Å². The Balaban J connectivity index is 1.97. The van der Waals surface area contributed by atoms with Gasteiger partial charge in [0.2, 0.25) is 0 Å². The molecule has 1 heterocycles. The van der Waals surface area contributed by atoms with Crippen molar-refractivity contribution in [2.24, 2.45) is 0 Å². The molecule has 2 rings (SSSR count). The highest BCUT2D eigenvalue weighted by molar-refractivity contribution is 7.96. The molecule has 1 aliphatic heterocycles. The zero-order chi connectivity index (χ0) is 9.80. The van der Waals surface area contributed by atoms with Crippen molar-refractivity contribution in [1.29, 1.82) is 0 Å². The minimum atomic E-state index is 0.257. The standard InChI is InChI=1S/C11H15NOS/c1-14-12-9-5-8-11(12)13-10-6-3-2-4-7-10/h2-4,6-7,11H,5,8-9H2,1H3. The van der Waals surface area contributed by atoms with Gasteiger partial charge in [-0.2, -0.15) is 0 Å². The maximum Gasteiger partial charge on any atom is 0.161 e. The fraction of sp³-hybridized carbons (Fsp3) is 0.455. The number of benzene rings is 1. The molecular weight excluding hydrogens is 194 g/mol. The molecule has 1 saturated heterocycles. The van der Waals surface area contributed by atoms with Crippen molar-refractivity contribution in [3.05, 3.63) is 30.3 Å². The quantitative estimate of drug-likeness (QED) is 0.710. The lowest BCUT2D eigenvalue weighted by atomic mass is 10.3. The van der Waals surface area contributed by atoms with E-state index in [1.165, 1.54) is 6.42 Å². The smallest absolute Gasteiger partial charge is 0.161 e. The van der Waals surface area contributed by atoms with Crippen LogP contribution in [0.25, 0.3) is 0 Å². The third kappa shape index (κ3) is 2.22. The molecular formula is C11H15NOS. The minimum Gasteiger partial charge on any atom is -0.474 e. The van der Waals surface area contributed by atoms with E-state index in [9.17, 15) is 0 Å². The van der Waals surface area contributed by atoms with E-state index in [0.29, 0.717) is 0 Å². The first kappa shape index (κ1) is 9.87. The fourth-order valence-electron chi connectivity index (χ4n) is 1.69. The minimum absolute atomic E-state index is 0.257. The maximum absolute atomic E-state index is 5.88. The summed E-state index contributed by atoms with van der Waals surface area (Å²) in [6, 6.07) is 10.0. The molecule has 0 radical (unpaired) electrons. The van der Waals surface area contributed by atoms with E-state index in [1.807, 2.05) is 30.3 Å². The van der Waals surface area contributed by atoms with Gasteiger partial charge in [0.25, 0.3) is 0 Å². The molecule has 0 spiro atoms. The predicted octanol–water partition coefficient (Wildman–Crippen LogP) is 2.77. The first-order valence-electron chi connectivity index (χ1n) is 4.92. The van der Waals surface area contributed by atoms with Crippen LogP contribution >= 0.6 is 11.9 Å². The summed E-state index contributed by atoms with van der Waals surface area (Å²) in [6.07, 6.45) is 4.73. The Bertz CT molecular complexity index is 278. The Kier molecular flexibility index (Phi) is 3.32. The zero-order valence-electron chi connectivity index (χ0n) is 8.35. The summed E-state index contributed by atoms with van der Waals surface area (Å²) in [7, 11) is 0. The Hall–Kier alpha value is -0.670. The first-order valence-corrected chi connectivity index (χ1v) is 6.11. The molecule has 0 aromatic heterocycles. The van der Waals surface area contributed by atoms with Gasteiger partial charge in [0.1, 0.15) is 5.75 Å². The number of hydrogen-bond donors (Lipinski definition) is 0. The predicted molar refractivity (Wildman–Crippen MR) is 60.3 cm³/mol. The number of rotatable bonds is 3. The third-order valence-electron chi connectivity index (χ3n) is 2.40. The molecule has 3 heteroatoms. The lowest BCUT2D eigenvalue weighted by Crippen LogP contribution is -2.27. The Morgan fingerprint density at radius 1 is 1.36 bits per heavy atom. The van der Waals surface area contributed by atoms with Crippen molar-refractivity contribution in [3.63, 3.8) is 0 Å². The van der Waals surface area contributed by atoms with Crippen LogP contribution in [0.1, 0.15) is 12.8 Å². The summed E-state index contributed by atoms with van der Waals surface area (Å²) in [5.41, 5.74) is 0. The molecule has 0 aliphatic carbocycles. The molecule has 0 bridgehead atoms. The summed E-state index contributed by atoms with van der Waals surface area (Å²) < 4.78 is 8.18. The van der Waals surface area contributed by atoms with Gasteiger partial charge in [-0.05, 0) is 24.8 Å². The lowest BCUT2D eigenvalue weighted by Gasteiger charge is -2.22. The second-order valence-corrected chi connectivity index (χ2v) is 4.19. The van der Waals surface area contributed by atoms with Crippen molar-refractivity contribution < 1.29 is 4.74 Å². The SMILES string of the molecule is CSN1CCCC1Oc1ccccc1. The summed E-state index contributed by atoms with van der Waals surface area (Å²) >= 11 is 1.77. The van der Waals surface area contributed by atoms with Crippen LogP contribution in [0.2, 0.25) is 0 Å². The zero-order valence-corrected chi connectivity index (χ0v) is 9.17. The van der Waals surface area contributed by atoms with Crippen molar-refractivity contribution in [2.45, 2.75) is 19.1 Å². The molecule has 1 aromatic carbocycles. The topological polar surface area (TPSA) is 12.5 Å². The first-order chi connectivity index (χ1) is 6.90. The van der Waals surface area contributed by atoms with Crippen molar-refractivity contribution >= 4 is 11.9 Å². The highest BCUT2D eigenvalue weighted by Crippen LogP contribution is 2.25. The Labute approximate surface area is 89.4 Å². The molecule has 1 aliphatic rings. The van der Waals surface area contributed by atoms with Crippen LogP contribution in [0.4, 0.5) is 0 Å². The van der Waals surface area contributed by atoms with Gasteiger partial charge in [-0.3, -0.25) is 0 Å². The summed E-state index contributed by atoms with van der Waals surface area (Å²) in [6.45, 7) is 1.14. The highest BCUT2D eigenvalue weighted by Gasteiger charge is 2.25. The normalized spacial score (nSPS) is 22.5. The van der Waals surface area contributed by atoms with Gasteiger partial charge >= 0.3 is 0 Å². The summed E-state index contributed by atoms with van der Waals surface area (Å²) in [5, 5.41) is 0. The molecule has 0 saturated carbocycles. The van der Waals surface area contributed by atoms with Crippen LogP contribution in [0.5, 0.6) is 5.75 Å². The molecule has 2 nitrogen and oxygen atoms in total. The van der Waals surface area contributed by atoms with Gasteiger partial charge in [-0.25, -0.2) is 4.31 Å². The van der Waals surface area contributed by atoms with Gasteiger partial charge < -0.3 is 4.74 Å². The molecule has 1 aromatic rings. The molecule has 14 heavy (non-hydrogen) atoms. The van der Waals surface area contributed by atoms with Crippen molar-refractivity contribution in [3.8, 4) is 5.75 Å². The van der Waals surface area contributed by atoms with Crippen LogP contribution in [-0.2, 0) is 0 Å². The Morgan fingerprint density at radius 3 is 2.86 bits per heavy atom. The van der Waals surface area contributed by atoms with Crippen LogP contribution < -0.4 is 4.74 Å². The van der Waals surface area contributed by atoms with Crippen LogP contribution in [0.15, 0.2) is 30.3 Å². The van der Waals surface area contributed by atoms with Crippen LogP contribution in [0, 0.1) is 0 Å². The number of nitrogens with zero attached hydrogens (tertiary/aromatic N) is 1. The number of para-hydroxylation sites is 1. The van der Waals surface area contributed by atoms with Gasteiger partial charge in [-0.15, -0.1) is 0 Å². The van der Waals surface area contributed by atoms with E-state index >= 15 is 0 Å². The maximum atomic E-state index is 5.88. The average molecular weight is 209 g/mol. The van der Waals surface area contributed by atoms with E-state index in [0.717, 1.165) is 18.7 Å². The molecule has 1 atom stereocenters. The van der Waals surface area contributed by atoms with E-state index in [4.69, 9.17) is 4.74 Å². The summed E-state index contributed by atoms with van der Waals surface area (Å²) in [4.78, 5) is 0. The molecule has 1 fully saturated rings. The Morgan fingerprint density at radius 2 is 2.14 bits per heavy atom. The highest BCUT2D eigenvalue weighted by atomic mass is 32.2. The molecule has 76 valence electrons. The largest absolute Gasteiger partial charge is 0.474 e. The monoisotopic (exact) mass is 209 g/mol. The molecule has 0 N–H and O–H groups in total. The third-order valence-corrected chi connectivity index (χ3v) is 3.29. The van der Waals surface area contributed by atoms with Gasteiger partial charge in [0, 0.05) is 13.0 Å². The van der Waals surface area contributed by atoms with Gasteiger partial charge in [0.15, 0.2) is 6.23 Å². The summed E-state index contributed by atoms with van der Waals surface area (Å²) in [5.74, 6) is 0.971. The van der Waals surface area contributed by atoms with E-state index in [1.54, 1.807) is 11.9 Å². The van der Waals surface area contributed by atoms with E-state index in [2.05, 4.69) is 10.6 Å². The van der Waals surface area contributed by atoms with Crippen LogP contribution in [0.3, 0.4) is 0 Å². The van der Waals surface area contributed by atoms with Gasteiger partial charge in [0.05, 0.1) is 0 Å². The van der Waals surface area contributed by atoms with Crippen LogP contribution in [-0.4, -0.2) is 23.3 Å². The van der Waals surface area contributed by atoms with Gasteiger partial charge in [-0.1, -0.05) is 30.1 Å². The fourth-order valence-corrected chi connectivity index (χ4v) is 2.39. The van der Waals surface area contributed by atoms with Crippen molar-refractivity contribution in [1.82, 2.24) is 4.31 Å². The molecule has 0 amide bonds. The second kappa shape index (κ2) is 4.71. The lowest BCUT2D eigenvalue weighted by molar-refractivity contribution is 0.129. The number of hydrogen-bond acceptors (Lipinski definition) is 3. The average Bonchev–Trinajstić information content (AvgIpc) is 2.67. The number of ether oxygens (including phenoxy) is 1. The van der Waals surface area contributed by atoms with E-state index < -0.39 is 0 Å². The second-order valence-electron chi connectivity index (χ2n) is 3.35.